The van der Waals surface area contributed by atoms with Crippen molar-refractivity contribution in [2.24, 2.45) is 5.73 Å². The van der Waals surface area contributed by atoms with Crippen LogP contribution >= 0.6 is 23.1 Å². The van der Waals surface area contributed by atoms with Crippen molar-refractivity contribution in [1.82, 2.24) is 4.98 Å². The van der Waals surface area contributed by atoms with Gasteiger partial charge in [-0.3, -0.25) is 0 Å². The van der Waals surface area contributed by atoms with Crippen LogP contribution in [0.2, 0.25) is 0 Å². The minimum Gasteiger partial charge on any atom is -0.323 e. The topological polar surface area (TPSA) is 56.0 Å². The number of aromatic nitrogens is 1. The first-order valence-corrected chi connectivity index (χ1v) is 13.8. The number of nitrogens with zero attached hydrogens (tertiary/aromatic N) is 1. The molecule has 8 heteroatoms. The van der Waals surface area contributed by atoms with Crippen LogP contribution in [0, 0.1) is 0 Å². The summed E-state index contributed by atoms with van der Waals surface area (Å²) < 4.78 is 33.1. The lowest BCUT2D eigenvalue weighted by molar-refractivity contribution is -0.118. The second-order valence-electron chi connectivity index (χ2n) is 8.67. The van der Waals surface area contributed by atoms with Gasteiger partial charge in [-0.2, -0.15) is 13.2 Å². The van der Waals surface area contributed by atoms with Crippen LogP contribution in [0.15, 0.2) is 88.6 Å². The molecule has 2 N–H and O–H groups in total. The van der Waals surface area contributed by atoms with Gasteiger partial charge in [0.25, 0.3) is 0 Å². The van der Waals surface area contributed by atoms with Gasteiger partial charge in [0.15, 0.2) is 4.34 Å². The third kappa shape index (κ3) is 6.32. The summed E-state index contributed by atoms with van der Waals surface area (Å²) in [5.41, 5.74) is 10.6. The number of carbonyl (C=O) groups is 1. The van der Waals surface area contributed by atoms with Gasteiger partial charge in [0.2, 0.25) is 0 Å². The lowest BCUT2D eigenvalue weighted by Gasteiger charge is -2.25. The monoisotopic (exact) mass is 540 g/mol. The summed E-state index contributed by atoms with van der Waals surface area (Å²) in [5, 5.41) is 2.13. The second kappa shape index (κ2) is 12.1. The number of aldehydes is 1. The molecular weight excluding hydrogens is 513 g/mol. The van der Waals surface area contributed by atoms with E-state index in [1.165, 1.54) is 17.4 Å². The molecule has 192 valence electrons. The Hall–Kier alpha value is -2.94. The molecule has 0 radical (unpaired) electrons. The van der Waals surface area contributed by atoms with E-state index in [0.29, 0.717) is 0 Å². The predicted octanol–water partition coefficient (Wildman–Crippen LogP) is 7.75. The van der Waals surface area contributed by atoms with Crippen LogP contribution in [-0.2, 0) is 10.2 Å². The first-order chi connectivity index (χ1) is 17.9. The summed E-state index contributed by atoms with van der Waals surface area (Å²) in [6.07, 6.45) is -0.0911. The molecule has 37 heavy (non-hydrogen) atoms. The van der Waals surface area contributed by atoms with Gasteiger partial charge in [0.05, 0.1) is 17.7 Å². The highest BCUT2D eigenvalue weighted by Crippen LogP contribution is 2.50. The van der Waals surface area contributed by atoms with Crippen molar-refractivity contribution in [2.45, 2.75) is 35.2 Å². The SMILES string of the molecule is NCC(F)(F)F.O=CC1(CCCCSc2nc(-c3ccccc3)cs2)c2ccccc2-c2ccccc21. The number of rotatable bonds is 8. The molecule has 4 aromatic rings. The standard InChI is InChI=1S/C27H23NOS2.C2H4F3N/c29-19-27(23-14-6-4-12-21(23)22-13-5-7-15-24(22)27)16-8-9-17-30-26-28-25(18-31-26)20-10-2-1-3-11-20;3-2(4,5)1-6/h1-7,10-15,18-19H,8-9,16-17H2;1,6H2. The highest BCUT2D eigenvalue weighted by molar-refractivity contribution is 8.01. The maximum Gasteiger partial charge on any atom is 0.400 e. The van der Waals surface area contributed by atoms with E-state index in [-0.39, 0.29) is 0 Å². The largest absolute Gasteiger partial charge is 0.400 e. The summed E-state index contributed by atoms with van der Waals surface area (Å²) >= 11 is 3.52. The number of hydrogen-bond acceptors (Lipinski definition) is 5. The fraction of sp³-hybridized carbons (Fsp3) is 0.241. The van der Waals surface area contributed by atoms with E-state index in [0.717, 1.165) is 51.7 Å². The van der Waals surface area contributed by atoms with E-state index in [1.807, 2.05) is 42.1 Å². The number of nitrogens with two attached hydrogens (primary N) is 1. The average molecular weight is 541 g/mol. The smallest absolute Gasteiger partial charge is 0.323 e. The van der Waals surface area contributed by atoms with Crippen LogP contribution in [0.5, 0.6) is 0 Å². The van der Waals surface area contributed by atoms with Crippen LogP contribution in [-0.4, -0.2) is 29.7 Å². The third-order valence-corrected chi connectivity index (χ3v) is 8.39. The van der Waals surface area contributed by atoms with Crippen molar-refractivity contribution in [1.29, 1.82) is 0 Å². The first kappa shape index (κ1) is 27.1. The van der Waals surface area contributed by atoms with Crippen molar-refractivity contribution < 1.29 is 18.0 Å². The fourth-order valence-corrected chi connectivity index (χ4v) is 6.45. The molecule has 0 unspecified atom stereocenters. The van der Waals surface area contributed by atoms with E-state index in [4.69, 9.17) is 4.98 Å². The van der Waals surface area contributed by atoms with Gasteiger partial charge >= 0.3 is 6.18 Å². The first-order valence-electron chi connectivity index (χ1n) is 11.9. The molecule has 1 aliphatic carbocycles. The van der Waals surface area contributed by atoms with Crippen molar-refractivity contribution in [3.8, 4) is 22.4 Å². The summed E-state index contributed by atoms with van der Waals surface area (Å²) in [4.78, 5) is 17.2. The summed E-state index contributed by atoms with van der Waals surface area (Å²) in [7, 11) is 0. The summed E-state index contributed by atoms with van der Waals surface area (Å²) in [5.74, 6) is 1.01. The minimum absolute atomic E-state index is 0.514. The van der Waals surface area contributed by atoms with Gasteiger partial charge < -0.3 is 10.5 Å². The molecule has 0 amide bonds. The molecule has 3 aromatic carbocycles. The summed E-state index contributed by atoms with van der Waals surface area (Å²) in [6.45, 7) is -1.23. The van der Waals surface area contributed by atoms with Gasteiger partial charge in [0.1, 0.15) is 6.29 Å². The number of benzene rings is 3. The molecule has 1 aromatic heterocycles. The Balaban J connectivity index is 0.000000480. The molecule has 1 heterocycles. The Morgan fingerprint density at radius 1 is 0.892 bits per heavy atom. The molecule has 0 aliphatic heterocycles. The zero-order chi connectivity index (χ0) is 26.3. The zero-order valence-corrected chi connectivity index (χ0v) is 21.7. The molecule has 0 bridgehead atoms. The average Bonchev–Trinajstić information content (AvgIpc) is 3.51. The van der Waals surface area contributed by atoms with Gasteiger partial charge in [-0.25, -0.2) is 4.98 Å². The number of halogens is 3. The van der Waals surface area contributed by atoms with Crippen molar-refractivity contribution in [3.05, 3.63) is 95.4 Å². The van der Waals surface area contributed by atoms with Crippen LogP contribution in [0.4, 0.5) is 13.2 Å². The fourth-order valence-electron chi connectivity index (χ4n) is 4.54. The van der Waals surface area contributed by atoms with Crippen LogP contribution in [0.25, 0.3) is 22.4 Å². The van der Waals surface area contributed by atoms with E-state index in [2.05, 4.69) is 59.6 Å². The summed E-state index contributed by atoms with van der Waals surface area (Å²) in [6, 6.07) is 27.1. The molecule has 0 atom stereocenters. The Labute approximate surface area is 223 Å². The highest BCUT2D eigenvalue weighted by Gasteiger charge is 2.42. The van der Waals surface area contributed by atoms with Crippen LogP contribution in [0.1, 0.15) is 30.4 Å². The van der Waals surface area contributed by atoms with E-state index >= 15 is 0 Å². The van der Waals surface area contributed by atoms with Crippen LogP contribution < -0.4 is 5.73 Å². The Kier molecular flexibility index (Phi) is 8.84. The zero-order valence-electron chi connectivity index (χ0n) is 20.1. The number of fused-ring (bicyclic) bond motifs is 3. The third-order valence-electron chi connectivity index (χ3n) is 6.28. The molecule has 5 rings (SSSR count). The lowest BCUT2D eigenvalue weighted by Crippen LogP contribution is -2.27. The minimum atomic E-state index is -4.18. The van der Waals surface area contributed by atoms with Gasteiger partial charge in [-0.05, 0) is 35.1 Å². The molecule has 0 saturated carbocycles. The van der Waals surface area contributed by atoms with E-state index < -0.39 is 18.1 Å². The molecule has 1 aliphatic rings. The Morgan fingerprint density at radius 3 is 2.03 bits per heavy atom. The van der Waals surface area contributed by atoms with E-state index in [1.54, 1.807) is 11.3 Å². The lowest BCUT2D eigenvalue weighted by atomic mass is 9.75. The van der Waals surface area contributed by atoms with Crippen molar-refractivity contribution in [3.63, 3.8) is 0 Å². The number of carbonyl (C=O) groups excluding carboxylic acids is 1. The van der Waals surface area contributed by atoms with Gasteiger partial charge in [0, 0.05) is 16.7 Å². The Morgan fingerprint density at radius 2 is 1.46 bits per heavy atom. The quantitative estimate of drug-likeness (QED) is 0.141. The number of thiazole rings is 1. The maximum absolute atomic E-state index is 12.5. The number of alkyl halides is 3. The van der Waals surface area contributed by atoms with E-state index in [9.17, 15) is 18.0 Å². The van der Waals surface area contributed by atoms with Crippen LogP contribution in [0.3, 0.4) is 0 Å². The van der Waals surface area contributed by atoms with Gasteiger partial charge in [-0.15, -0.1) is 11.3 Å². The van der Waals surface area contributed by atoms with Crippen molar-refractivity contribution >= 4 is 29.4 Å². The molecular formula is C29H27F3N2OS2. The van der Waals surface area contributed by atoms with Crippen molar-refractivity contribution in [2.75, 3.05) is 12.3 Å². The maximum atomic E-state index is 12.5. The second-order valence-corrected chi connectivity index (χ2v) is 10.9. The predicted molar refractivity (Wildman–Crippen MR) is 146 cm³/mol. The number of thioether (sulfide) groups is 1. The molecule has 0 spiro atoms. The molecule has 0 saturated heterocycles. The normalized spacial score (nSPS) is 13.3. The molecule has 0 fully saturated rings. The number of hydrogen-bond donors (Lipinski definition) is 1. The molecule has 3 nitrogen and oxygen atoms in total. The Bertz CT molecular complexity index is 1280. The number of unbranched alkanes of at least 4 members (excludes halogenated alkanes) is 1. The van der Waals surface area contributed by atoms with Gasteiger partial charge in [-0.1, -0.05) is 97.0 Å². The highest BCUT2D eigenvalue weighted by atomic mass is 32.2.